The van der Waals surface area contributed by atoms with Gasteiger partial charge in [-0.15, -0.1) is 0 Å². The third kappa shape index (κ3) is 4.53. The van der Waals surface area contributed by atoms with Crippen molar-refractivity contribution in [3.8, 4) is 0 Å². The molecule has 0 atom stereocenters. The van der Waals surface area contributed by atoms with Crippen LogP contribution in [0.15, 0.2) is 42.1 Å². The smallest absolute Gasteiger partial charge is 0.183 e. The highest BCUT2D eigenvalue weighted by Crippen LogP contribution is 2.11. The molecule has 1 aliphatic heterocycles. The van der Waals surface area contributed by atoms with Gasteiger partial charge in [0, 0.05) is 45.6 Å². The highest BCUT2D eigenvalue weighted by atomic mass is 16.1. The van der Waals surface area contributed by atoms with E-state index in [4.69, 9.17) is 5.73 Å². The fourth-order valence-electron chi connectivity index (χ4n) is 2.72. The van der Waals surface area contributed by atoms with Crippen LogP contribution in [0.1, 0.15) is 25.3 Å². The summed E-state index contributed by atoms with van der Waals surface area (Å²) in [6.45, 7) is 5.06. The lowest BCUT2D eigenvalue weighted by molar-refractivity contribution is -0.508. The van der Waals surface area contributed by atoms with Crippen molar-refractivity contribution in [2.24, 2.45) is 5.73 Å². The minimum absolute atomic E-state index is 0.423. The average Bonchev–Trinajstić information content (AvgIpc) is 2.51. The number of piperidine rings is 1. The zero-order valence-corrected chi connectivity index (χ0v) is 12.6. The van der Waals surface area contributed by atoms with E-state index in [1.54, 1.807) is 0 Å². The lowest BCUT2D eigenvalue weighted by Gasteiger charge is -2.28. The van der Waals surface area contributed by atoms with E-state index in [9.17, 15) is 4.79 Å². The van der Waals surface area contributed by atoms with Crippen molar-refractivity contribution in [2.75, 3.05) is 13.1 Å². The molecule has 1 fully saturated rings. The van der Waals surface area contributed by atoms with E-state index in [-0.39, 0.29) is 0 Å². The molecular weight excluding hydrogens is 262 g/mol. The van der Waals surface area contributed by atoms with Crippen molar-refractivity contribution in [1.82, 2.24) is 4.90 Å². The molecule has 3 N–H and O–H groups in total. The van der Waals surface area contributed by atoms with Crippen molar-refractivity contribution in [3.63, 3.8) is 0 Å². The van der Waals surface area contributed by atoms with Crippen LogP contribution in [0, 0.1) is 0 Å². The van der Waals surface area contributed by atoms with E-state index < -0.39 is 0 Å². The summed E-state index contributed by atoms with van der Waals surface area (Å²) in [7, 11) is 0. The maximum Gasteiger partial charge on any atom is 0.183 e. The summed E-state index contributed by atoms with van der Waals surface area (Å²) in [6.07, 6.45) is 4.33. The summed E-state index contributed by atoms with van der Waals surface area (Å²) < 4.78 is 0. The summed E-state index contributed by atoms with van der Waals surface area (Å²) in [4.78, 5) is 16.7. The number of rotatable bonds is 5. The first-order chi connectivity index (χ1) is 10.2. The van der Waals surface area contributed by atoms with E-state index in [0.717, 1.165) is 44.5 Å². The molecule has 0 spiro atoms. The Hall–Kier alpha value is -1.94. The topological polar surface area (TPSA) is 60.3 Å². The Balaban J connectivity index is 1.86. The van der Waals surface area contributed by atoms with Gasteiger partial charge in [-0.25, -0.2) is 4.99 Å². The number of likely N-dealkylation sites (tertiary alicyclic amines) is 1. The maximum atomic E-state index is 10.9. The molecule has 0 unspecified atom stereocenters. The van der Waals surface area contributed by atoms with E-state index in [2.05, 4.69) is 34.2 Å². The molecule has 1 heterocycles. The average molecular weight is 286 g/mol. The quantitative estimate of drug-likeness (QED) is 0.463. The predicted molar refractivity (Wildman–Crippen MR) is 84.7 cm³/mol. The SMILES string of the molecule is CC(=[NH+]C1CCN(Cc2ccccc2)CC1)C(C=O)=CN. The first-order valence-electron chi connectivity index (χ1n) is 7.46. The lowest BCUT2D eigenvalue weighted by atomic mass is 10.0. The molecule has 1 aliphatic rings. The van der Waals surface area contributed by atoms with Crippen LogP contribution in [-0.2, 0) is 11.3 Å². The van der Waals surface area contributed by atoms with Crippen molar-refractivity contribution in [1.29, 1.82) is 0 Å². The van der Waals surface area contributed by atoms with Gasteiger partial charge in [-0.1, -0.05) is 30.3 Å². The second kappa shape index (κ2) is 7.74. The molecule has 112 valence electrons. The Labute approximate surface area is 126 Å². The van der Waals surface area contributed by atoms with Gasteiger partial charge in [-0.05, 0) is 5.56 Å². The lowest BCUT2D eigenvalue weighted by Crippen LogP contribution is -2.81. The number of allylic oxidation sites excluding steroid dienone is 1. The predicted octanol–water partition coefficient (Wildman–Crippen LogP) is 0.234. The normalized spacial score (nSPS) is 18.7. The molecule has 1 aromatic rings. The number of aldehydes is 1. The fraction of sp³-hybridized carbons (Fsp3) is 0.412. The van der Waals surface area contributed by atoms with Crippen LogP contribution >= 0.6 is 0 Å². The molecule has 0 saturated carbocycles. The third-order valence-electron chi connectivity index (χ3n) is 4.00. The molecule has 0 aliphatic carbocycles. The van der Waals surface area contributed by atoms with Gasteiger partial charge in [0.2, 0.25) is 0 Å². The fourth-order valence-corrected chi connectivity index (χ4v) is 2.72. The molecule has 4 nitrogen and oxygen atoms in total. The van der Waals surface area contributed by atoms with Crippen LogP contribution in [0.2, 0.25) is 0 Å². The molecule has 21 heavy (non-hydrogen) atoms. The number of nitrogens with one attached hydrogen (secondary N) is 1. The van der Waals surface area contributed by atoms with Gasteiger partial charge < -0.3 is 5.73 Å². The number of nitrogens with zero attached hydrogens (tertiary/aromatic N) is 1. The highest BCUT2D eigenvalue weighted by molar-refractivity contribution is 6.10. The summed E-state index contributed by atoms with van der Waals surface area (Å²) in [5, 5.41) is 0. The minimum Gasteiger partial charge on any atom is -0.404 e. The van der Waals surface area contributed by atoms with Gasteiger partial charge in [0.1, 0.15) is 0 Å². The number of hydrogen-bond donors (Lipinski definition) is 2. The first-order valence-corrected chi connectivity index (χ1v) is 7.46. The van der Waals surface area contributed by atoms with Crippen LogP contribution in [0.4, 0.5) is 0 Å². The zero-order chi connectivity index (χ0) is 15.1. The van der Waals surface area contributed by atoms with E-state index in [1.807, 2.05) is 13.0 Å². The number of benzene rings is 1. The van der Waals surface area contributed by atoms with E-state index in [0.29, 0.717) is 11.6 Å². The second-order valence-corrected chi connectivity index (χ2v) is 5.55. The molecule has 1 saturated heterocycles. The zero-order valence-electron chi connectivity index (χ0n) is 12.6. The molecular formula is C17H24N3O+. The van der Waals surface area contributed by atoms with Crippen LogP contribution in [0.25, 0.3) is 0 Å². The van der Waals surface area contributed by atoms with Gasteiger partial charge in [-0.3, -0.25) is 9.69 Å². The van der Waals surface area contributed by atoms with Gasteiger partial charge in [0.15, 0.2) is 18.0 Å². The maximum absolute atomic E-state index is 10.9. The van der Waals surface area contributed by atoms with Gasteiger partial charge in [0.25, 0.3) is 0 Å². The molecule has 0 bridgehead atoms. The molecule has 2 rings (SSSR count). The molecule has 0 aromatic heterocycles. The van der Waals surface area contributed by atoms with Crippen LogP contribution < -0.4 is 10.7 Å². The number of carbonyl (C=O) groups excluding carboxylic acids is 1. The standard InChI is InChI=1S/C17H23N3O/c1-14(16(11-18)13-21)19-17-7-9-20(10-8-17)12-15-5-3-2-4-6-15/h2-6,11,13,17H,7-10,12,18H2,1H3/p+1. The molecule has 0 amide bonds. The Morgan fingerprint density at radius 1 is 1.33 bits per heavy atom. The Bertz CT molecular complexity index is 514. The summed E-state index contributed by atoms with van der Waals surface area (Å²) in [6, 6.07) is 11.0. The monoisotopic (exact) mass is 286 g/mol. The summed E-state index contributed by atoms with van der Waals surface area (Å²) in [5.41, 5.74) is 8.21. The van der Waals surface area contributed by atoms with E-state index in [1.165, 1.54) is 11.8 Å². The minimum atomic E-state index is 0.423. The Kier molecular flexibility index (Phi) is 5.69. The molecule has 1 aromatic carbocycles. The number of hydrogen-bond acceptors (Lipinski definition) is 3. The van der Waals surface area contributed by atoms with Crippen molar-refractivity contribution in [2.45, 2.75) is 32.4 Å². The summed E-state index contributed by atoms with van der Waals surface area (Å²) in [5.74, 6) is 0. The highest BCUT2D eigenvalue weighted by Gasteiger charge is 2.23. The van der Waals surface area contributed by atoms with Gasteiger partial charge in [0.05, 0.1) is 5.57 Å². The number of nitrogens with two attached hydrogens (primary N) is 1. The molecule has 4 heteroatoms. The van der Waals surface area contributed by atoms with Crippen LogP contribution in [-0.4, -0.2) is 36.0 Å². The van der Waals surface area contributed by atoms with Crippen molar-refractivity contribution >= 4 is 12.0 Å². The van der Waals surface area contributed by atoms with Gasteiger partial charge >= 0.3 is 0 Å². The first kappa shape index (κ1) is 15.4. The van der Waals surface area contributed by atoms with Crippen LogP contribution in [0.3, 0.4) is 0 Å². The Morgan fingerprint density at radius 3 is 2.57 bits per heavy atom. The second-order valence-electron chi connectivity index (χ2n) is 5.55. The molecule has 0 radical (unpaired) electrons. The summed E-state index contributed by atoms with van der Waals surface area (Å²) >= 11 is 0. The van der Waals surface area contributed by atoms with Crippen molar-refractivity contribution < 1.29 is 9.79 Å². The van der Waals surface area contributed by atoms with E-state index >= 15 is 0 Å². The van der Waals surface area contributed by atoms with Crippen LogP contribution in [0.5, 0.6) is 0 Å². The largest absolute Gasteiger partial charge is 0.404 e. The van der Waals surface area contributed by atoms with Crippen molar-refractivity contribution in [3.05, 3.63) is 47.7 Å². The Morgan fingerprint density at radius 2 is 2.00 bits per heavy atom. The third-order valence-corrected chi connectivity index (χ3v) is 4.00. The number of carbonyl (C=O) groups is 1. The van der Waals surface area contributed by atoms with Gasteiger partial charge in [-0.2, -0.15) is 0 Å².